The number of carbonyl (C=O) groups excluding carboxylic acids is 1. The molecule has 0 saturated carbocycles. The van der Waals surface area contributed by atoms with Crippen molar-refractivity contribution in [3.63, 3.8) is 0 Å². The fraction of sp³-hybridized carbons (Fsp3) is 0.200. The predicted octanol–water partition coefficient (Wildman–Crippen LogP) is -0.823. The van der Waals surface area contributed by atoms with Gasteiger partial charge < -0.3 is 5.73 Å². The van der Waals surface area contributed by atoms with Crippen molar-refractivity contribution in [3.8, 4) is 0 Å². The number of hydrogen-bond donors (Lipinski definition) is 2. The second-order valence-corrected chi connectivity index (χ2v) is 4.18. The Kier molecular flexibility index (Phi) is 1.89. The molecule has 0 saturated heterocycles. The zero-order valence-electron chi connectivity index (χ0n) is 6.23. The van der Waals surface area contributed by atoms with E-state index in [4.69, 9.17) is 5.73 Å². The summed E-state index contributed by atoms with van der Waals surface area (Å²) in [5.41, 5.74) is 5.11. The van der Waals surface area contributed by atoms with Crippen LogP contribution in [0.1, 0.15) is 10.5 Å². The highest BCUT2D eigenvalue weighted by Crippen LogP contribution is 2.09. The van der Waals surface area contributed by atoms with Crippen LogP contribution >= 0.6 is 0 Å². The lowest BCUT2D eigenvalue weighted by molar-refractivity contribution is 0.107. The Morgan fingerprint density at radius 3 is 2.58 bits per heavy atom. The minimum absolute atomic E-state index is 0.0328. The average molecular weight is 189 g/mol. The van der Waals surface area contributed by atoms with E-state index in [2.05, 4.69) is 10.2 Å². The van der Waals surface area contributed by atoms with Gasteiger partial charge in [0.15, 0.2) is 0 Å². The van der Waals surface area contributed by atoms with Gasteiger partial charge in [0.25, 0.3) is 5.12 Å². The molecule has 0 aromatic carbocycles. The van der Waals surface area contributed by atoms with Crippen LogP contribution in [0, 0.1) is 0 Å². The third kappa shape index (κ3) is 1.45. The third-order valence-electron chi connectivity index (χ3n) is 1.21. The standard InChI is InChI=1S/C5H7N3O3S/c1-12(10,11)5(9)4-3(6)2-7-8-4/h2H,6H2,1H3,(H,7,8). The second-order valence-electron chi connectivity index (χ2n) is 2.26. The van der Waals surface area contributed by atoms with Crippen molar-refractivity contribution in [2.45, 2.75) is 0 Å². The number of nitrogens with two attached hydrogens (primary N) is 1. The van der Waals surface area contributed by atoms with Crippen molar-refractivity contribution < 1.29 is 13.2 Å². The molecule has 0 spiro atoms. The van der Waals surface area contributed by atoms with Crippen molar-refractivity contribution in [3.05, 3.63) is 11.9 Å². The van der Waals surface area contributed by atoms with Gasteiger partial charge in [0.05, 0.1) is 11.9 Å². The molecule has 1 heterocycles. The first-order valence-electron chi connectivity index (χ1n) is 2.96. The molecule has 0 aliphatic rings. The van der Waals surface area contributed by atoms with Gasteiger partial charge in [-0.15, -0.1) is 0 Å². The molecule has 0 unspecified atom stereocenters. The molecule has 0 amide bonds. The largest absolute Gasteiger partial charge is 0.396 e. The van der Waals surface area contributed by atoms with Crippen LogP contribution in [0.5, 0.6) is 0 Å². The molecule has 0 aliphatic heterocycles. The molecule has 12 heavy (non-hydrogen) atoms. The van der Waals surface area contributed by atoms with Crippen LogP contribution in [-0.2, 0) is 9.84 Å². The van der Waals surface area contributed by atoms with Gasteiger partial charge in [-0.25, -0.2) is 8.42 Å². The molecule has 0 aliphatic carbocycles. The molecule has 66 valence electrons. The third-order valence-corrected chi connectivity index (χ3v) is 2.09. The number of nitrogen functional groups attached to an aromatic ring is 1. The van der Waals surface area contributed by atoms with E-state index in [0.29, 0.717) is 0 Å². The van der Waals surface area contributed by atoms with Crippen LogP contribution in [0.4, 0.5) is 5.69 Å². The van der Waals surface area contributed by atoms with Gasteiger partial charge in [0, 0.05) is 6.26 Å². The summed E-state index contributed by atoms with van der Waals surface area (Å²) in [4.78, 5) is 11.0. The summed E-state index contributed by atoms with van der Waals surface area (Å²) in [5, 5.41) is 4.59. The Morgan fingerprint density at radius 1 is 1.67 bits per heavy atom. The number of rotatable bonds is 1. The SMILES string of the molecule is CS(=O)(=O)C(=O)c1[nH]ncc1N. The van der Waals surface area contributed by atoms with Crippen LogP contribution in [0.3, 0.4) is 0 Å². The molecule has 1 rings (SSSR count). The topological polar surface area (TPSA) is 106 Å². The number of nitrogens with zero attached hydrogens (tertiary/aromatic N) is 1. The monoisotopic (exact) mass is 189 g/mol. The summed E-state index contributed by atoms with van der Waals surface area (Å²) in [6.45, 7) is 0. The van der Waals surface area contributed by atoms with Crippen LogP contribution < -0.4 is 5.73 Å². The number of hydrogen-bond acceptors (Lipinski definition) is 5. The maximum absolute atomic E-state index is 11.0. The number of H-pyrrole nitrogens is 1. The predicted molar refractivity (Wildman–Crippen MR) is 42.2 cm³/mol. The summed E-state index contributed by atoms with van der Waals surface area (Å²) in [6.07, 6.45) is 1.99. The van der Waals surface area contributed by atoms with Crippen molar-refractivity contribution in [1.82, 2.24) is 10.2 Å². The minimum atomic E-state index is -3.74. The fourth-order valence-electron chi connectivity index (χ4n) is 0.644. The van der Waals surface area contributed by atoms with Gasteiger partial charge in [-0.2, -0.15) is 5.10 Å². The van der Waals surface area contributed by atoms with Crippen LogP contribution in [-0.4, -0.2) is 30.0 Å². The maximum atomic E-state index is 11.0. The first-order valence-corrected chi connectivity index (χ1v) is 4.85. The van der Waals surface area contributed by atoms with E-state index in [1.165, 1.54) is 6.20 Å². The Hall–Kier alpha value is -1.37. The summed E-state index contributed by atoms with van der Waals surface area (Å²) in [6, 6.07) is 0. The van der Waals surface area contributed by atoms with E-state index in [9.17, 15) is 13.2 Å². The quantitative estimate of drug-likeness (QED) is 0.600. The van der Waals surface area contributed by atoms with Crippen LogP contribution in [0.2, 0.25) is 0 Å². The smallest absolute Gasteiger partial charge is 0.296 e. The summed E-state index contributed by atoms with van der Waals surface area (Å²) in [5.74, 6) is 0. The second kappa shape index (κ2) is 2.59. The van der Waals surface area contributed by atoms with E-state index in [1.54, 1.807) is 0 Å². The van der Waals surface area contributed by atoms with Gasteiger partial charge in [-0.05, 0) is 0 Å². The maximum Gasteiger partial charge on any atom is 0.296 e. The molecule has 0 radical (unpaired) electrons. The van der Waals surface area contributed by atoms with Crippen molar-refractivity contribution in [2.75, 3.05) is 12.0 Å². The summed E-state index contributed by atoms with van der Waals surface area (Å²) >= 11 is 0. The molecule has 1 aromatic heterocycles. The van der Waals surface area contributed by atoms with Crippen LogP contribution in [0.15, 0.2) is 6.20 Å². The van der Waals surface area contributed by atoms with Crippen molar-refractivity contribution in [2.24, 2.45) is 0 Å². The molecule has 6 nitrogen and oxygen atoms in total. The Labute approximate surface area is 68.7 Å². The highest BCUT2D eigenvalue weighted by Gasteiger charge is 2.21. The number of sulfone groups is 1. The van der Waals surface area contributed by atoms with Gasteiger partial charge in [-0.3, -0.25) is 9.89 Å². The van der Waals surface area contributed by atoms with Gasteiger partial charge in [-0.1, -0.05) is 0 Å². The number of nitrogens with one attached hydrogen (secondary N) is 1. The molecule has 7 heteroatoms. The Bertz CT molecular complexity index is 405. The zero-order chi connectivity index (χ0) is 9.35. The lowest BCUT2D eigenvalue weighted by Gasteiger charge is -1.93. The summed E-state index contributed by atoms with van der Waals surface area (Å²) in [7, 11) is -3.74. The highest BCUT2D eigenvalue weighted by atomic mass is 32.2. The molecule has 1 aromatic rings. The number of aromatic amines is 1. The molecular formula is C5H7N3O3S. The summed E-state index contributed by atoms with van der Waals surface area (Å²) < 4.78 is 21.5. The number of anilines is 1. The fourth-order valence-corrected chi connectivity index (χ4v) is 1.18. The lowest BCUT2D eigenvalue weighted by atomic mass is 10.4. The first-order chi connectivity index (χ1) is 5.43. The van der Waals surface area contributed by atoms with Crippen molar-refractivity contribution in [1.29, 1.82) is 0 Å². The van der Waals surface area contributed by atoms with Crippen molar-refractivity contribution >= 4 is 20.6 Å². The van der Waals surface area contributed by atoms with Gasteiger partial charge >= 0.3 is 0 Å². The average Bonchev–Trinajstić information content (AvgIpc) is 2.31. The number of aromatic nitrogens is 2. The van der Waals surface area contributed by atoms with E-state index < -0.39 is 15.0 Å². The molecule has 3 N–H and O–H groups in total. The molecule has 0 fully saturated rings. The zero-order valence-corrected chi connectivity index (χ0v) is 7.05. The minimum Gasteiger partial charge on any atom is -0.396 e. The first kappa shape index (κ1) is 8.72. The molecular weight excluding hydrogens is 182 g/mol. The van der Waals surface area contributed by atoms with E-state index in [-0.39, 0.29) is 11.4 Å². The number of carbonyl (C=O) groups is 1. The normalized spacial score (nSPS) is 11.4. The molecule has 0 bridgehead atoms. The Balaban J connectivity index is 3.19. The van der Waals surface area contributed by atoms with Gasteiger partial charge in [0.2, 0.25) is 9.84 Å². The van der Waals surface area contributed by atoms with Gasteiger partial charge in [0.1, 0.15) is 5.69 Å². The molecule has 0 atom stereocenters. The lowest BCUT2D eigenvalue weighted by Crippen LogP contribution is -2.14. The van der Waals surface area contributed by atoms with Crippen LogP contribution in [0.25, 0.3) is 0 Å². The van der Waals surface area contributed by atoms with E-state index in [1.807, 2.05) is 0 Å². The van der Waals surface area contributed by atoms with E-state index in [0.717, 1.165) is 6.26 Å². The highest BCUT2D eigenvalue weighted by molar-refractivity contribution is 8.06. The van der Waals surface area contributed by atoms with E-state index >= 15 is 0 Å². The Morgan fingerprint density at radius 2 is 2.25 bits per heavy atom.